The van der Waals surface area contributed by atoms with Crippen LogP contribution >= 0.6 is 0 Å². The molecule has 134 valence electrons. The van der Waals surface area contributed by atoms with Gasteiger partial charge in [0.1, 0.15) is 5.52 Å². The number of benzene rings is 1. The standard InChI is InChI=1S/C19H22N5O2/c1-24(2,3)17-7-4-13(11-21-17)19-22-15-10-14(5-6-16(15)26-19)23-9-8-20-12-18(23)25/h4-7,10-11,20H,8-9,12H2,1-3H3/q+1. The zero-order chi connectivity index (χ0) is 18.3. The van der Waals surface area contributed by atoms with E-state index in [1.807, 2.05) is 30.3 Å². The Kier molecular flexibility index (Phi) is 3.97. The number of anilines is 1. The molecule has 3 aromatic rings. The molecule has 0 aliphatic carbocycles. The van der Waals surface area contributed by atoms with Crippen molar-refractivity contribution >= 4 is 28.5 Å². The molecule has 1 aliphatic heterocycles. The van der Waals surface area contributed by atoms with E-state index in [0.29, 0.717) is 29.0 Å². The summed E-state index contributed by atoms with van der Waals surface area (Å²) in [6.45, 7) is 1.82. The molecule has 1 saturated heterocycles. The largest absolute Gasteiger partial charge is 0.436 e. The van der Waals surface area contributed by atoms with E-state index in [4.69, 9.17) is 4.42 Å². The highest BCUT2D eigenvalue weighted by molar-refractivity contribution is 5.97. The molecule has 0 atom stereocenters. The van der Waals surface area contributed by atoms with Gasteiger partial charge in [-0.15, -0.1) is 0 Å². The Bertz CT molecular complexity index is 956. The van der Waals surface area contributed by atoms with E-state index in [2.05, 4.69) is 36.4 Å². The maximum Gasteiger partial charge on any atom is 0.240 e. The minimum Gasteiger partial charge on any atom is -0.436 e. The summed E-state index contributed by atoms with van der Waals surface area (Å²) in [6.07, 6.45) is 1.78. The molecule has 0 saturated carbocycles. The first-order valence-electron chi connectivity index (χ1n) is 8.62. The predicted molar refractivity (Wildman–Crippen MR) is 102 cm³/mol. The van der Waals surface area contributed by atoms with Crippen molar-refractivity contribution in [2.75, 3.05) is 45.7 Å². The number of piperazine rings is 1. The Labute approximate surface area is 151 Å². The highest BCUT2D eigenvalue weighted by atomic mass is 16.3. The average molecular weight is 352 g/mol. The molecule has 1 N–H and O–H groups in total. The first-order chi connectivity index (χ1) is 12.4. The summed E-state index contributed by atoms with van der Waals surface area (Å²) < 4.78 is 6.53. The second-order valence-corrected chi connectivity index (χ2v) is 7.31. The van der Waals surface area contributed by atoms with E-state index in [1.165, 1.54) is 0 Å². The number of rotatable bonds is 3. The van der Waals surface area contributed by atoms with Crippen LogP contribution in [0.3, 0.4) is 0 Å². The summed E-state index contributed by atoms with van der Waals surface area (Å²) in [5.74, 6) is 1.56. The molecule has 0 bridgehead atoms. The number of pyridine rings is 1. The molecule has 1 aromatic carbocycles. The SMILES string of the molecule is C[N+](C)(C)c1ccc(-c2nc3cc(N4CCNCC4=O)ccc3o2)cn1. The van der Waals surface area contributed by atoms with Crippen LogP contribution in [0.4, 0.5) is 11.5 Å². The van der Waals surface area contributed by atoms with Crippen LogP contribution in [-0.4, -0.2) is 56.7 Å². The first kappa shape index (κ1) is 16.7. The van der Waals surface area contributed by atoms with Gasteiger partial charge in [-0.1, -0.05) is 0 Å². The van der Waals surface area contributed by atoms with Crippen LogP contribution in [0.15, 0.2) is 40.9 Å². The van der Waals surface area contributed by atoms with Crippen molar-refractivity contribution in [1.82, 2.24) is 19.8 Å². The summed E-state index contributed by atoms with van der Waals surface area (Å²) in [5.41, 5.74) is 3.11. The van der Waals surface area contributed by atoms with Crippen molar-refractivity contribution in [2.24, 2.45) is 0 Å². The van der Waals surface area contributed by atoms with Crippen molar-refractivity contribution in [1.29, 1.82) is 0 Å². The van der Waals surface area contributed by atoms with Crippen LogP contribution < -0.4 is 14.7 Å². The summed E-state index contributed by atoms with van der Waals surface area (Å²) in [4.78, 5) is 23.0. The van der Waals surface area contributed by atoms with Gasteiger partial charge < -0.3 is 14.6 Å². The Hall–Kier alpha value is -2.77. The third-order valence-electron chi connectivity index (χ3n) is 4.45. The highest BCUT2D eigenvalue weighted by Gasteiger charge is 2.20. The summed E-state index contributed by atoms with van der Waals surface area (Å²) in [7, 11) is 6.21. The third-order valence-corrected chi connectivity index (χ3v) is 4.45. The fourth-order valence-electron chi connectivity index (χ4n) is 3.00. The second kappa shape index (κ2) is 6.19. The minimum absolute atomic E-state index is 0.0689. The van der Waals surface area contributed by atoms with E-state index in [-0.39, 0.29) is 5.91 Å². The number of nitrogens with zero attached hydrogens (tertiary/aromatic N) is 4. The molecule has 1 fully saturated rings. The van der Waals surface area contributed by atoms with E-state index < -0.39 is 0 Å². The maximum absolute atomic E-state index is 12.1. The van der Waals surface area contributed by atoms with Gasteiger partial charge in [0.2, 0.25) is 17.6 Å². The Balaban J connectivity index is 1.66. The van der Waals surface area contributed by atoms with E-state index in [0.717, 1.165) is 29.1 Å². The second-order valence-electron chi connectivity index (χ2n) is 7.31. The lowest BCUT2D eigenvalue weighted by Crippen LogP contribution is -2.48. The van der Waals surface area contributed by atoms with Crippen molar-refractivity contribution in [2.45, 2.75) is 0 Å². The summed E-state index contributed by atoms with van der Waals surface area (Å²) in [5, 5.41) is 3.08. The number of aromatic nitrogens is 2. The lowest BCUT2D eigenvalue weighted by atomic mass is 10.2. The van der Waals surface area contributed by atoms with Gasteiger partial charge in [0.25, 0.3) is 0 Å². The predicted octanol–water partition coefficient (Wildman–Crippen LogP) is 2.02. The summed E-state index contributed by atoms with van der Waals surface area (Å²) >= 11 is 0. The van der Waals surface area contributed by atoms with Gasteiger partial charge in [0.05, 0.1) is 33.3 Å². The smallest absolute Gasteiger partial charge is 0.240 e. The maximum atomic E-state index is 12.1. The fourth-order valence-corrected chi connectivity index (χ4v) is 3.00. The molecule has 1 amide bonds. The lowest BCUT2D eigenvalue weighted by molar-refractivity contribution is -0.118. The van der Waals surface area contributed by atoms with Gasteiger partial charge in [-0.05, 0) is 24.3 Å². The highest BCUT2D eigenvalue weighted by Crippen LogP contribution is 2.28. The lowest BCUT2D eigenvalue weighted by Gasteiger charge is -2.27. The van der Waals surface area contributed by atoms with Gasteiger partial charge >= 0.3 is 0 Å². The van der Waals surface area contributed by atoms with Gasteiger partial charge in [0.15, 0.2) is 5.58 Å². The van der Waals surface area contributed by atoms with Gasteiger partial charge in [-0.25, -0.2) is 9.97 Å². The number of hydrogen-bond donors (Lipinski definition) is 1. The van der Waals surface area contributed by atoms with Crippen molar-refractivity contribution in [3.8, 4) is 11.5 Å². The zero-order valence-electron chi connectivity index (χ0n) is 15.2. The molecule has 3 heterocycles. The van der Waals surface area contributed by atoms with Crippen LogP contribution in [0.2, 0.25) is 0 Å². The van der Waals surface area contributed by atoms with Crippen LogP contribution in [-0.2, 0) is 4.79 Å². The van der Waals surface area contributed by atoms with Crippen molar-refractivity contribution in [3.05, 3.63) is 36.5 Å². The van der Waals surface area contributed by atoms with E-state index in [9.17, 15) is 4.79 Å². The monoisotopic (exact) mass is 352 g/mol. The number of carbonyl (C=O) groups is 1. The molecular formula is C19H22N5O2+. The molecule has 7 nitrogen and oxygen atoms in total. The number of fused-ring (bicyclic) bond motifs is 1. The average Bonchev–Trinajstić information content (AvgIpc) is 3.05. The first-order valence-corrected chi connectivity index (χ1v) is 8.62. The number of carbonyl (C=O) groups excluding carboxylic acids is 1. The molecule has 4 rings (SSSR count). The van der Waals surface area contributed by atoms with E-state index >= 15 is 0 Å². The summed E-state index contributed by atoms with van der Waals surface area (Å²) in [6, 6.07) is 9.62. The molecule has 0 unspecified atom stereocenters. The van der Waals surface area contributed by atoms with Crippen LogP contribution in [0.5, 0.6) is 0 Å². The van der Waals surface area contributed by atoms with Gasteiger partial charge in [-0.3, -0.25) is 9.28 Å². The van der Waals surface area contributed by atoms with E-state index in [1.54, 1.807) is 11.1 Å². The zero-order valence-corrected chi connectivity index (χ0v) is 15.2. The van der Waals surface area contributed by atoms with Gasteiger partial charge in [-0.2, -0.15) is 0 Å². The van der Waals surface area contributed by atoms with Gasteiger partial charge in [0, 0.05) is 31.0 Å². The number of hydrogen-bond acceptors (Lipinski definition) is 5. The number of oxazole rings is 1. The molecule has 1 aliphatic rings. The topological polar surface area (TPSA) is 71.3 Å². The fraction of sp³-hybridized carbons (Fsp3) is 0.316. The number of amides is 1. The Morgan fingerprint density at radius 2 is 2.04 bits per heavy atom. The van der Waals surface area contributed by atoms with Crippen LogP contribution in [0.25, 0.3) is 22.6 Å². The molecule has 26 heavy (non-hydrogen) atoms. The molecular weight excluding hydrogens is 330 g/mol. The Morgan fingerprint density at radius 3 is 2.73 bits per heavy atom. The quantitative estimate of drug-likeness (QED) is 0.730. The molecule has 2 aromatic heterocycles. The number of quaternary nitrogens is 1. The minimum atomic E-state index is 0.0689. The molecule has 0 spiro atoms. The van der Waals surface area contributed by atoms with Crippen molar-refractivity contribution in [3.63, 3.8) is 0 Å². The van der Waals surface area contributed by atoms with Crippen LogP contribution in [0.1, 0.15) is 0 Å². The molecule has 0 radical (unpaired) electrons. The normalized spacial score (nSPS) is 15.7. The molecule has 7 heteroatoms. The number of nitrogens with one attached hydrogen (secondary N) is 1. The Morgan fingerprint density at radius 1 is 1.19 bits per heavy atom. The third kappa shape index (κ3) is 3.07. The van der Waals surface area contributed by atoms with Crippen molar-refractivity contribution < 1.29 is 9.21 Å². The van der Waals surface area contributed by atoms with Crippen LogP contribution in [0, 0.1) is 0 Å².